The van der Waals surface area contributed by atoms with Gasteiger partial charge < -0.3 is 9.15 Å². The molecule has 4 aromatic rings. The second kappa shape index (κ2) is 6.37. The van der Waals surface area contributed by atoms with Gasteiger partial charge in [-0.15, -0.1) is 0 Å². The molecule has 0 atom stereocenters. The van der Waals surface area contributed by atoms with Crippen LogP contribution in [0.3, 0.4) is 0 Å². The molecule has 0 fully saturated rings. The van der Waals surface area contributed by atoms with E-state index in [9.17, 15) is 4.79 Å². The summed E-state index contributed by atoms with van der Waals surface area (Å²) in [5, 5.41) is 3.36. The number of amides is 1. The largest absolute Gasteiger partial charge is 0.494 e. The first-order valence-electron chi connectivity index (χ1n) is 7.48. The van der Waals surface area contributed by atoms with Crippen LogP contribution in [0.15, 0.2) is 59.5 Å². The number of methoxy groups -OCH3 is 1. The van der Waals surface area contributed by atoms with Crippen LogP contribution in [0.5, 0.6) is 5.75 Å². The molecule has 0 saturated carbocycles. The lowest BCUT2D eigenvalue weighted by molar-refractivity contribution is 0.102. The lowest BCUT2D eigenvalue weighted by atomic mass is 10.1. The van der Waals surface area contributed by atoms with E-state index in [0.29, 0.717) is 22.2 Å². The summed E-state index contributed by atoms with van der Waals surface area (Å²) >= 11 is 1.40. The van der Waals surface area contributed by atoms with Crippen LogP contribution in [0.1, 0.15) is 10.4 Å². The zero-order chi connectivity index (χ0) is 17.2. The molecule has 0 saturated heterocycles. The Morgan fingerprint density at radius 1 is 1.20 bits per heavy atom. The molecule has 6 nitrogen and oxygen atoms in total. The monoisotopic (exact) mass is 351 g/mol. The summed E-state index contributed by atoms with van der Waals surface area (Å²) in [6.07, 6.45) is 3.00. The highest BCUT2D eigenvalue weighted by Gasteiger charge is 2.12. The van der Waals surface area contributed by atoms with E-state index >= 15 is 0 Å². The summed E-state index contributed by atoms with van der Waals surface area (Å²) in [5.74, 6) is 1.12. The van der Waals surface area contributed by atoms with Crippen LogP contribution in [0.2, 0.25) is 0 Å². The summed E-state index contributed by atoms with van der Waals surface area (Å²) in [7, 11) is 1.60. The number of para-hydroxylation sites is 1. The number of hydrogen-bond donors (Lipinski definition) is 1. The number of carbonyl (C=O) groups excluding carboxylic acids is 1. The number of ether oxygens (including phenoxy) is 1. The summed E-state index contributed by atoms with van der Waals surface area (Å²) in [6, 6.07) is 12.8. The number of fused-ring (bicyclic) bond motifs is 1. The van der Waals surface area contributed by atoms with Crippen LogP contribution >= 0.6 is 11.3 Å². The van der Waals surface area contributed by atoms with Gasteiger partial charge in [0.15, 0.2) is 17.3 Å². The average molecular weight is 351 g/mol. The lowest BCUT2D eigenvalue weighted by Crippen LogP contribution is -2.11. The first kappa shape index (κ1) is 15.3. The average Bonchev–Trinajstić information content (AvgIpc) is 3.30. The fraction of sp³-hybridized carbons (Fsp3) is 0.0556. The van der Waals surface area contributed by atoms with Gasteiger partial charge in [-0.1, -0.05) is 29.5 Å². The van der Waals surface area contributed by atoms with Gasteiger partial charge in [0.25, 0.3) is 5.91 Å². The normalized spacial score (nSPS) is 10.8. The quantitative estimate of drug-likeness (QED) is 0.596. The van der Waals surface area contributed by atoms with E-state index < -0.39 is 0 Å². The van der Waals surface area contributed by atoms with Gasteiger partial charge in [0.2, 0.25) is 0 Å². The fourth-order valence-corrected chi connectivity index (χ4v) is 3.33. The van der Waals surface area contributed by atoms with Crippen molar-refractivity contribution in [2.45, 2.75) is 0 Å². The minimum Gasteiger partial charge on any atom is -0.494 e. The van der Waals surface area contributed by atoms with Crippen LogP contribution in [0.4, 0.5) is 5.13 Å². The maximum atomic E-state index is 12.4. The molecule has 124 valence electrons. The van der Waals surface area contributed by atoms with E-state index in [2.05, 4.69) is 15.3 Å². The van der Waals surface area contributed by atoms with Gasteiger partial charge in [-0.05, 0) is 24.3 Å². The Bertz CT molecular complexity index is 1020. The molecule has 0 aliphatic rings. The lowest BCUT2D eigenvalue weighted by Gasteiger charge is -2.02. The van der Waals surface area contributed by atoms with Gasteiger partial charge in [-0.25, -0.2) is 9.97 Å². The van der Waals surface area contributed by atoms with E-state index in [-0.39, 0.29) is 5.91 Å². The van der Waals surface area contributed by atoms with Crippen molar-refractivity contribution < 1.29 is 13.9 Å². The summed E-state index contributed by atoms with van der Waals surface area (Å²) in [4.78, 5) is 20.8. The van der Waals surface area contributed by atoms with Crippen LogP contribution in [0, 0.1) is 0 Å². The van der Waals surface area contributed by atoms with Crippen molar-refractivity contribution in [3.8, 4) is 17.1 Å². The van der Waals surface area contributed by atoms with Crippen molar-refractivity contribution >= 4 is 32.6 Å². The van der Waals surface area contributed by atoms with E-state index in [1.165, 1.54) is 17.7 Å². The Morgan fingerprint density at radius 2 is 2.04 bits per heavy atom. The Hall–Kier alpha value is -3.19. The highest BCUT2D eigenvalue weighted by Crippen LogP contribution is 2.32. The first-order valence-corrected chi connectivity index (χ1v) is 8.30. The second-order valence-corrected chi connectivity index (χ2v) is 6.25. The van der Waals surface area contributed by atoms with Crippen molar-refractivity contribution in [1.82, 2.24) is 9.97 Å². The number of aromatic nitrogens is 2. The van der Waals surface area contributed by atoms with Gasteiger partial charge in [-0.2, -0.15) is 0 Å². The second-order valence-electron chi connectivity index (χ2n) is 5.22. The molecule has 1 amide bonds. The maximum Gasteiger partial charge on any atom is 0.257 e. The van der Waals surface area contributed by atoms with E-state index in [4.69, 9.17) is 9.15 Å². The Balaban J connectivity index is 1.55. The summed E-state index contributed by atoms with van der Waals surface area (Å²) in [6.45, 7) is 0. The Labute approximate surface area is 147 Å². The van der Waals surface area contributed by atoms with Gasteiger partial charge in [0.1, 0.15) is 11.3 Å². The molecular formula is C18H13N3O3S. The molecule has 0 aliphatic heterocycles. The van der Waals surface area contributed by atoms with E-state index in [0.717, 1.165) is 15.8 Å². The molecule has 0 radical (unpaired) electrons. The maximum absolute atomic E-state index is 12.4. The molecule has 0 spiro atoms. The highest BCUT2D eigenvalue weighted by molar-refractivity contribution is 7.22. The minimum atomic E-state index is -0.220. The molecule has 7 heteroatoms. The SMILES string of the molecule is COc1cccc2sc(NC(=O)c3ccc(-c4cnco4)cc3)nc12. The highest BCUT2D eigenvalue weighted by atomic mass is 32.1. The number of anilines is 1. The Kier molecular flexibility index (Phi) is 3.91. The molecule has 2 aromatic heterocycles. The number of nitrogens with one attached hydrogen (secondary N) is 1. The molecule has 1 N–H and O–H groups in total. The van der Waals surface area contributed by atoms with Gasteiger partial charge in [0.05, 0.1) is 18.0 Å². The Morgan fingerprint density at radius 3 is 2.76 bits per heavy atom. The number of carbonyl (C=O) groups is 1. The number of rotatable bonds is 4. The number of hydrogen-bond acceptors (Lipinski definition) is 6. The fourth-order valence-electron chi connectivity index (χ4n) is 2.45. The van der Waals surface area contributed by atoms with Crippen molar-refractivity contribution in [1.29, 1.82) is 0 Å². The van der Waals surface area contributed by atoms with Crippen molar-refractivity contribution in [3.05, 3.63) is 60.6 Å². The number of nitrogens with zero attached hydrogens (tertiary/aromatic N) is 2. The standard InChI is InChI=1S/C18H13N3O3S/c1-23-13-3-2-4-15-16(13)20-18(25-15)21-17(22)12-7-5-11(6-8-12)14-9-19-10-24-14/h2-10H,1H3,(H,20,21,22). The zero-order valence-corrected chi connectivity index (χ0v) is 14.0. The molecule has 25 heavy (non-hydrogen) atoms. The third-order valence-corrected chi connectivity index (χ3v) is 4.62. The van der Waals surface area contributed by atoms with Crippen LogP contribution < -0.4 is 10.1 Å². The van der Waals surface area contributed by atoms with Crippen LogP contribution in [-0.2, 0) is 0 Å². The van der Waals surface area contributed by atoms with Crippen LogP contribution in [-0.4, -0.2) is 23.0 Å². The summed E-state index contributed by atoms with van der Waals surface area (Å²) < 4.78 is 11.5. The third-order valence-electron chi connectivity index (χ3n) is 3.69. The van der Waals surface area contributed by atoms with Gasteiger partial charge >= 0.3 is 0 Å². The molecule has 4 rings (SSSR count). The first-order chi connectivity index (χ1) is 12.2. The molecule has 2 aromatic carbocycles. The third kappa shape index (κ3) is 2.97. The molecule has 2 heterocycles. The predicted octanol–water partition coefficient (Wildman–Crippen LogP) is 4.21. The molecule has 0 bridgehead atoms. The van der Waals surface area contributed by atoms with Crippen molar-refractivity contribution in [2.24, 2.45) is 0 Å². The van der Waals surface area contributed by atoms with Crippen molar-refractivity contribution in [2.75, 3.05) is 12.4 Å². The van der Waals surface area contributed by atoms with Crippen LogP contribution in [0.25, 0.3) is 21.5 Å². The van der Waals surface area contributed by atoms with Gasteiger partial charge in [-0.3, -0.25) is 10.1 Å². The van der Waals surface area contributed by atoms with Crippen molar-refractivity contribution in [3.63, 3.8) is 0 Å². The number of oxazole rings is 1. The number of thiazole rings is 1. The van der Waals surface area contributed by atoms with Gasteiger partial charge in [0, 0.05) is 11.1 Å². The molecule has 0 unspecified atom stereocenters. The minimum absolute atomic E-state index is 0.220. The smallest absolute Gasteiger partial charge is 0.257 e. The topological polar surface area (TPSA) is 77.2 Å². The molecule has 0 aliphatic carbocycles. The molecular weight excluding hydrogens is 338 g/mol. The predicted molar refractivity (Wildman–Crippen MR) is 96.1 cm³/mol. The number of benzene rings is 2. The van der Waals surface area contributed by atoms with E-state index in [1.807, 2.05) is 30.3 Å². The summed E-state index contributed by atoms with van der Waals surface area (Å²) in [5.41, 5.74) is 2.14. The van der Waals surface area contributed by atoms with E-state index in [1.54, 1.807) is 25.4 Å². The zero-order valence-electron chi connectivity index (χ0n) is 13.2.